The van der Waals surface area contributed by atoms with Crippen LogP contribution in [0.5, 0.6) is 0 Å². The first-order chi connectivity index (χ1) is 7.92. The van der Waals surface area contributed by atoms with E-state index >= 15 is 0 Å². The second-order valence-corrected chi connectivity index (χ2v) is 6.92. The van der Waals surface area contributed by atoms with Crippen molar-refractivity contribution in [2.75, 3.05) is 27.2 Å². The first kappa shape index (κ1) is 13.3. The van der Waals surface area contributed by atoms with Gasteiger partial charge < -0.3 is 10.6 Å². The van der Waals surface area contributed by atoms with Crippen LogP contribution in [0.4, 0.5) is 0 Å². The summed E-state index contributed by atoms with van der Waals surface area (Å²) in [5, 5.41) is 0. The topological polar surface area (TPSA) is 32.5 Å². The molecule has 17 heavy (non-hydrogen) atoms. The Morgan fingerprint density at radius 1 is 1.29 bits per heavy atom. The molecule has 1 aliphatic carbocycles. The molecular formula is C14H29N3. The summed E-state index contributed by atoms with van der Waals surface area (Å²) in [6, 6.07) is 1.71. The zero-order valence-corrected chi connectivity index (χ0v) is 11.9. The van der Waals surface area contributed by atoms with E-state index in [0.29, 0.717) is 17.5 Å². The summed E-state index contributed by atoms with van der Waals surface area (Å²) in [5.74, 6) is 0. The number of hydrogen-bond donors (Lipinski definition) is 1. The highest BCUT2D eigenvalue weighted by atomic mass is 15.3. The van der Waals surface area contributed by atoms with E-state index in [9.17, 15) is 0 Å². The van der Waals surface area contributed by atoms with Crippen LogP contribution in [0.1, 0.15) is 39.5 Å². The summed E-state index contributed by atoms with van der Waals surface area (Å²) in [5.41, 5.74) is 6.80. The van der Waals surface area contributed by atoms with Crippen LogP contribution < -0.4 is 5.73 Å². The number of likely N-dealkylation sites (N-methyl/N-ethyl adjacent to an activating group) is 1. The van der Waals surface area contributed by atoms with E-state index in [2.05, 4.69) is 37.7 Å². The molecule has 1 saturated carbocycles. The predicted molar refractivity (Wildman–Crippen MR) is 73.1 cm³/mol. The van der Waals surface area contributed by atoms with Crippen molar-refractivity contribution in [3.8, 4) is 0 Å². The third kappa shape index (κ3) is 2.67. The molecule has 0 aromatic rings. The van der Waals surface area contributed by atoms with Gasteiger partial charge in [0.25, 0.3) is 0 Å². The van der Waals surface area contributed by atoms with Crippen LogP contribution in [0.25, 0.3) is 0 Å². The van der Waals surface area contributed by atoms with Crippen molar-refractivity contribution in [1.82, 2.24) is 9.80 Å². The monoisotopic (exact) mass is 239 g/mol. The van der Waals surface area contributed by atoms with Crippen LogP contribution in [-0.2, 0) is 0 Å². The Labute approximate surface area is 106 Å². The summed E-state index contributed by atoms with van der Waals surface area (Å²) in [6.45, 7) is 7.10. The van der Waals surface area contributed by atoms with E-state index in [1.807, 2.05) is 0 Å². The third-order valence-corrected chi connectivity index (χ3v) is 4.83. The maximum absolute atomic E-state index is 6.47. The quantitative estimate of drug-likeness (QED) is 0.810. The van der Waals surface area contributed by atoms with Gasteiger partial charge in [-0.15, -0.1) is 0 Å². The minimum absolute atomic E-state index is 0.329. The van der Waals surface area contributed by atoms with Gasteiger partial charge in [0, 0.05) is 24.7 Å². The molecule has 0 aromatic heterocycles. The average Bonchev–Trinajstić information content (AvgIpc) is 2.74. The van der Waals surface area contributed by atoms with Crippen LogP contribution in [0.15, 0.2) is 0 Å². The molecule has 0 aromatic carbocycles. The normalized spacial score (nSPS) is 38.1. The van der Waals surface area contributed by atoms with Crippen LogP contribution in [0.2, 0.25) is 0 Å². The lowest BCUT2D eigenvalue weighted by Crippen LogP contribution is -2.52. The number of hydrogen-bond acceptors (Lipinski definition) is 3. The maximum atomic E-state index is 6.47. The highest BCUT2D eigenvalue weighted by molar-refractivity contribution is 5.02. The molecule has 2 aliphatic rings. The lowest BCUT2D eigenvalue weighted by Gasteiger charge is -2.37. The molecule has 1 aliphatic heterocycles. The fourth-order valence-electron chi connectivity index (χ4n) is 3.67. The predicted octanol–water partition coefficient (Wildman–Crippen LogP) is 1.53. The molecule has 3 heteroatoms. The van der Waals surface area contributed by atoms with E-state index < -0.39 is 0 Å². The Balaban J connectivity index is 2.02. The standard InChI is InChI=1S/C14H29N3/c1-14(2)8-7-12(13(14)15)17-9-5-6-11(17)10-16(3)4/h11-13H,5-10,15H2,1-4H3. The molecule has 1 heterocycles. The lowest BCUT2D eigenvalue weighted by atomic mass is 9.87. The van der Waals surface area contributed by atoms with Gasteiger partial charge in [-0.3, -0.25) is 4.90 Å². The fraction of sp³-hybridized carbons (Fsp3) is 1.00. The number of rotatable bonds is 3. The van der Waals surface area contributed by atoms with Crippen molar-refractivity contribution < 1.29 is 0 Å². The highest BCUT2D eigenvalue weighted by Crippen LogP contribution is 2.40. The molecule has 1 saturated heterocycles. The molecule has 3 unspecified atom stereocenters. The van der Waals surface area contributed by atoms with E-state index in [1.54, 1.807) is 0 Å². The van der Waals surface area contributed by atoms with Crippen LogP contribution in [0, 0.1) is 5.41 Å². The zero-order valence-electron chi connectivity index (χ0n) is 11.9. The maximum Gasteiger partial charge on any atom is 0.0256 e. The van der Waals surface area contributed by atoms with Gasteiger partial charge in [0.05, 0.1) is 0 Å². The Hall–Kier alpha value is -0.120. The van der Waals surface area contributed by atoms with Gasteiger partial charge in [-0.25, -0.2) is 0 Å². The van der Waals surface area contributed by atoms with Gasteiger partial charge >= 0.3 is 0 Å². The summed E-state index contributed by atoms with van der Waals surface area (Å²) in [6.07, 6.45) is 5.27. The first-order valence-electron chi connectivity index (χ1n) is 7.08. The van der Waals surface area contributed by atoms with Crippen molar-refractivity contribution in [2.24, 2.45) is 11.1 Å². The first-order valence-corrected chi connectivity index (χ1v) is 7.08. The van der Waals surface area contributed by atoms with Crippen molar-refractivity contribution in [2.45, 2.75) is 57.7 Å². The molecule has 0 bridgehead atoms. The molecular weight excluding hydrogens is 210 g/mol. The Morgan fingerprint density at radius 3 is 2.53 bits per heavy atom. The lowest BCUT2D eigenvalue weighted by molar-refractivity contribution is 0.131. The second-order valence-electron chi connectivity index (χ2n) is 6.92. The van der Waals surface area contributed by atoms with Gasteiger partial charge in [0.15, 0.2) is 0 Å². The van der Waals surface area contributed by atoms with Gasteiger partial charge in [-0.1, -0.05) is 13.8 Å². The van der Waals surface area contributed by atoms with Gasteiger partial charge in [0.2, 0.25) is 0 Å². The Bertz CT molecular complexity index is 262. The van der Waals surface area contributed by atoms with E-state index in [0.717, 1.165) is 6.04 Å². The highest BCUT2D eigenvalue weighted by Gasteiger charge is 2.44. The molecule has 100 valence electrons. The van der Waals surface area contributed by atoms with Crippen molar-refractivity contribution in [1.29, 1.82) is 0 Å². The molecule has 2 N–H and O–H groups in total. The van der Waals surface area contributed by atoms with Crippen LogP contribution in [-0.4, -0.2) is 55.1 Å². The summed E-state index contributed by atoms with van der Waals surface area (Å²) in [7, 11) is 4.35. The summed E-state index contributed by atoms with van der Waals surface area (Å²) in [4.78, 5) is 5.02. The fourth-order valence-corrected chi connectivity index (χ4v) is 3.67. The van der Waals surface area contributed by atoms with Crippen LogP contribution in [0.3, 0.4) is 0 Å². The molecule has 3 atom stereocenters. The zero-order chi connectivity index (χ0) is 12.6. The summed E-state index contributed by atoms with van der Waals surface area (Å²) >= 11 is 0. The van der Waals surface area contributed by atoms with Gasteiger partial charge in [0.1, 0.15) is 0 Å². The van der Waals surface area contributed by atoms with E-state index in [4.69, 9.17) is 5.73 Å². The van der Waals surface area contributed by atoms with Crippen molar-refractivity contribution >= 4 is 0 Å². The molecule has 0 amide bonds. The van der Waals surface area contributed by atoms with Crippen molar-refractivity contribution in [3.05, 3.63) is 0 Å². The minimum atomic E-state index is 0.329. The number of likely N-dealkylation sites (tertiary alicyclic amines) is 1. The SMILES string of the molecule is CN(C)CC1CCCN1C1CCC(C)(C)C1N. The largest absolute Gasteiger partial charge is 0.326 e. The second kappa shape index (κ2) is 4.87. The third-order valence-electron chi connectivity index (χ3n) is 4.83. The molecule has 0 spiro atoms. The number of nitrogens with zero attached hydrogens (tertiary/aromatic N) is 2. The van der Waals surface area contributed by atoms with E-state index in [-0.39, 0.29) is 0 Å². The van der Waals surface area contributed by atoms with Gasteiger partial charge in [-0.05, 0) is 51.7 Å². The molecule has 0 radical (unpaired) electrons. The molecule has 2 fully saturated rings. The summed E-state index contributed by atoms with van der Waals surface area (Å²) < 4.78 is 0. The molecule has 2 rings (SSSR count). The molecule has 3 nitrogen and oxygen atoms in total. The van der Waals surface area contributed by atoms with Crippen molar-refractivity contribution in [3.63, 3.8) is 0 Å². The Kier molecular flexibility index (Phi) is 3.81. The minimum Gasteiger partial charge on any atom is -0.326 e. The van der Waals surface area contributed by atoms with Gasteiger partial charge in [-0.2, -0.15) is 0 Å². The van der Waals surface area contributed by atoms with Crippen LogP contribution >= 0.6 is 0 Å². The smallest absolute Gasteiger partial charge is 0.0256 e. The van der Waals surface area contributed by atoms with E-state index in [1.165, 1.54) is 38.8 Å². The average molecular weight is 239 g/mol. The Morgan fingerprint density at radius 2 is 2.00 bits per heavy atom. The number of nitrogens with two attached hydrogens (primary N) is 1.